The zero-order valence-corrected chi connectivity index (χ0v) is 17.1. The van der Waals surface area contributed by atoms with Gasteiger partial charge in [0.2, 0.25) is 0 Å². The maximum Gasteiger partial charge on any atom is 0.460 e. The van der Waals surface area contributed by atoms with E-state index in [9.17, 15) is 92.2 Å². The van der Waals surface area contributed by atoms with E-state index in [1.165, 1.54) is 0 Å². The lowest BCUT2D eigenvalue weighted by molar-refractivity contribution is -0.474. The lowest BCUT2D eigenvalue weighted by Crippen LogP contribution is -2.77. The summed E-state index contributed by atoms with van der Waals surface area (Å²) < 4.78 is 276. The van der Waals surface area contributed by atoms with Gasteiger partial charge in [0.05, 0.1) is 0 Å². The minimum atomic E-state index is -9.15. The largest absolute Gasteiger partial charge is 0.460 e. The smallest absolute Gasteiger partial charge is 0.422 e. The second-order valence-corrected chi connectivity index (χ2v) is 6.81. The minimum absolute atomic E-state index is 1.07. The van der Waals surface area contributed by atoms with Gasteiger partial charge in [0.1, 0.15) is 17.1 Å². The number of alkyl halides is 21. The number of halogens is 21. The average Bonchev–Trinajstić information content (AvgIpc) is 2.59. The molecule has 0 aromatic carbocycles. The van der Waals surface area contributed by atoms with Crippen molar-refractivity contribution in [1.29, 1.82) is 0 Å². The third kappa shape index (κ3) is 3.87. The van der Waals surface area contributed by atoms with E-state index in [1.54, 1.807) is 0 Å². The van der Waals surface area contributed by atoms with Crippen molar-refractivity contribution in [1.82, 2.24) is 0 Å². The fourth-order valence-corrected chi connectivity index (χ4v) is 2.23. The van der Waals surface area contributed by atoms with Gasteiger partial charge in [0.15, 0.2) is 0 Å². The first-order valence-electron chi connectivity index (χ1n) is 7.27. The first-order chi connectivity index (χ1) is 14.3. The van der Waals surface area contributed by atoms with Gasteiger partial charge >= 0.3 is 59.5 Å². The van der Waals surface area contributed by atoms with Crippen LogP contribution in [-0.4, -0.2) is 76.6 Å². The van der Waals surface area contributed by atoms with E-state index < -0.39 is 76.6 Å². The Hall–Kier alpha value is -1.29. The van der Waals surface area contributed by atoms with E-state index in [0.29, 0.717) is 0 Å². The zero-order valence-electron chi connectivity index (χ0n) is 15.1. The molecule has 206 valence electrons. The van der Waals surface area contributed by atoms with Gasteiger partial charge in [-0.05, 0) is 0 Å². The molecule has 0 fully saturated rings. The van der Waals surface area contributed by atoms with Gasteiger partial charge in [-0.1, -0.05) is 0 Å². The van der Waals surface area contributed by atoms with E-state index in [4.69, 9.17) is 0 Å². The van der Waals surface area contributed by atoms with Crippen LogP contribution in [0.5, 0.6) is 0 Å². The summed E-state index contributed by atoms with van der Waals surface area (Å²) in [7, 11) is -1.07. The molecule has 0 amide bonds. The first kappa shape index (κ1) is 32.7. The molecule has 0 radical (unpaired) electrons. The Bertz CT molecular complexity index is 735. The summed E-state index contributed by atoms with van der Waals surface area (Å²) in [6.07, 6.45) is -7.99. The summed E-state index contributed by atoms with van der Waals surface area (Å²) in [6, 6.07) is 0. The summed E-state index contributed by atoms with van der Waals surface area (Å²) in [5.41, 5.74) is 0. The Labute approximate surface area is 174 Å². The molecule has 0 aliphatic carbocycles. The van der Waals surface area contributed by atoms with E-state index in [-0.39, 0.29) is 0 Å². The van der Waals surface area contributed by atoms with E-state index in [1.807, 2.05) is 0 Å². The number of hydrogen-bond acceptors (Lipinski definition) is 1. The Morgan fingerprint density at radius 3 is 0.765 bits per heavy atom. The Morgan fingerprint density at radius 2 is 0.559 bits per heavy atom. The molecular formula is C11H5F21OSi. The second kappa shape index (κ2) is 8.11. The molecule has 34 heavy (non-hydrogen) atoms. The van der Waals surface area contributed by atoms with Gasteiger partial charge in [-0.15, -0.1) is 0 Å². The van der Waals surface area contributed by atoms with E-state index in [2.05, 4.69) is 4.43 Å². The standard InChI is InChI=1S/C11H5F21OSi/c12-2(13,1-33-34)3(14,15)4(16,17)5(18,19)6(20,21)7(22,23)8(24,25)9(26,27)10(28,29)11(30,31)32/h1H2,34H3. The molecule has 1 nitrogen and oxygen atoms in total. The molecule has 0 aromatic heterocycles. The summed E-state index contributed by atoms with van der Waals surface area (Å²) in [6.45, 7) is -2.99. The predicted octanol–water partition coefficient (Wildman–Crippen LogP) is 5.56. The van der Waals surface area contributed by atoms with Gasteiger partial charge in [0, 0.05) is 0 Å². The summed E-state index contributed by atoms with van der Waals surface area (Å²) in [4.78, 5) is 0. The molecule has 0 N–H and O–H groups in total. The second-order valence-electron chi connectivity index (χ2n) is 6.23. The fraction of sp³-hybridized carbons (Fsp3) is 1.00. The quantitative estimate of drug-likeness (QED) is 0.243. The van der Waals surface area contributed by atoms with Crippen LogP contribution in [0.3, 0.4) is 0 Å². The van der Waals surface area contributed by atoms with E-state index in [0.717, 1.165) is 0 Å². The van der Waals surface area contributed by atoms with Crippen LogP contribution in [0.15, 0.2) is 0 Å². The van der Waals surface area contributed by atoms with Crippen molar-refractivity contribution in [2.45, 2.75) is 59.5 Å². The maximum atomic E-state index is 13.4. The van der Waals surface area contributed by atoms with Crippen LogP contribution in [0, 0.1) is 0 Å². The van der Waals surface area contributed by atoms with Crippen molar-refractivity contribution in [3.8, 4) is 0 Å². The molecule has 0 heterocycles. The molecule has 0 bridgehead atoms. The Morgan fingerprint density at radius 1 is 0.353 bits per heavy atom. The molecule has 0 atom stereocenters. The minimum Gasteiger partial charge on any atom is -0.422 e. The van der Waals surface area contributed by atoms with Crippen molar-refractivity contribution in [2.75, 3.05) is 6.61 Å². The first-order valence-corrected chi connectivity index (χ1v) is 8.09. The highest BCUT2D eigenvalue weighted by Gasteiger charge is 2.97. The van der Waals surface area contributed by atoms with Crippen LogP contribution < -0.4 is 0 Å². The van der Waals surface area contributed by atoms with Crippen molar-refractivity contribution in [3.63, 3.8) is 0 Å². The average molecular weight is 580 g/mol. The fourth-order valence-electron chi connectivity index (χ4n) is 1.86. The molecule has 0 rings (SSSR count). The van der Waals surface area contributed by atoms with Crippen LogP contribution in [0.2, 0.25) is 0 Å². The molecule has 0 aromatic rings. The van der Waals surface area contributed by atoms with Gasteiger partial charge in [0.25, 0.3) is 0 Å². The van der Waals surface area contributed by atoms with Gasteiger partial charge in [-0.2, -0.15) is 92.2 Å². The topological polar surface area (TPSA) is 9.23 Å². The third-order valence-electron chi connectivity index (χ3n) is 3.90. The highest BCUT2D eigenvalue weighted by atomic mass is 28.2. The normalized spacial score (nSPS) is 16.9. The van der Waals surface area contributed by atoms with Crippen LogP contribution in [0.1, 0.15) is 0 Å². The highest BCUT2D eigenvalue weighted by Crippen LogP contribution is 2.66. The lowest BCUT2D eigenvalue weighted by atomic mass is 9.86. The lowest BCUT2D eigenvalue weighted by Gasteiger charge is -2.44. The molecule has 0 aliphatic rings. The molecule has 0 saturated heterocycles. The highest BCUT2D eigenvalue weighted by molar-refractivity contribution is 5.97. The summed E-state index contributed by atoms with van der Waals surface area (Å²) >= 11 is 0. The number of rotatable bonds is 10. The van der Waals surface area contributed by atoms with Gasteiger partial charge in [-0.25, -0.2) is 0 Å². The van der Waals surface area contributed by atoms with E-state index >= 15 is 0 Å². The van der Waals surface area contributed by atoms with Crippen LogP contribution in [0.25, 0.3) is 0 Å². The van der Waals surface area contributed by atoms with Crippen molar-refractivity contribution >= 4 is 10.5 Å². The SMILES string of the molecule is FC(F)(F)C(F)(F)C(F)(F)C(F)(F)C(F)(F)C(F)(F)C(F)(F)C(F)(F)C(F)(F)C(F)(F)CO[SiH3]. The van der Waals surface area contributed by atoms with Crippen molar-refractivity contribution in [2.24, 2.45) is 0 Å². The summed E-state index contributed by atoms with van der Waals surface area (Å²) in [5, 5.41) is 0. The maximum absolute atomic E-state index is 13.4. The molecule has 23 heteroatoms. The molecular weight excluding hydrogens is 575 g/mol. The van der Waals surface area contributed by atoms with Crippen LogP contribution in [0.4, 0.5) is 92.2 Å². The molecule has 0 spiro atoms. The number of hydrogen-bond donors (Lipinski definition) is 0. The monoisotopic (exact) mass is 580 g/mol. The van der Waals surface area contributed by atoms with Crippen molar-refractivity contribution in [3.05, 3.63) is 0 Å². The molecule has 0 aliphatic heterocycles. The Balaban J connectivity index is 7.01. The molecule has 0 saturated carbocycles. The van der Waals surface area contributed by atoms with Gasteiger partial charge in [-0.3, -0.25) is 0 Å². The van der Waals surface area contributed by atoms with Crippen LogP contribution in [-0.2, 0) is 4.43 Å². The van der Waals surface area contributed by atoms with Gasteiger partial charge < -0.3 is 4.43 Å². The third-order valence-corrected chi connectivity index (χ3v) is 4.19. The molecule has 0 unspecified atom stereocenters. The zero-order chi connectivity index (χ0) is 28.4. The van der Waals surface area contributed by atoms with Crippen LogP contribution >= 0.6 is 0 Å². The van der Waals surface area contributed by atoms with Crippen molar-refractivity contribution < 1.29 is 96.6 Å². The summed E-state index contributed by atoms with van der Waals surface area (Å²) in [5.74, 6) is -76.7. The Kier molecular flexibility index (Phi) is 7.80. The predicted molar refractivity (Wildman–Crippen MR) is 66.5 cm³/mol.